The Morgan fingerprint density at radius 1 is 1.64 bits per heavy atom. The van der Waals surface area contributed by atoms with Gasteiger partial charge in [-0.1, -0.05) is 0 Å². The highest BCUT2D eigenvalue weighted by Crippen LogP contribution is 2.23. The summed E-state index contributed by atoms with van der Waals surface area (Å²) in [4.78, 5) is 4.02. The van der Waals surface area contributed by atoms with E-state index < -0.39 is 0 Å². The van der Waals surface area contributed by atoms with Gasteiger partial charge in [0.2, 0.25) is 0 Å². The number of rotatable bonds is 0. The van der Waals surface area contributed by atoms with Gasteiger partial charge in [-0.05, 0) is 6.08 Å². The van der Waals surface area contributed by atoms with Crippen LogP contribution in [0.5, 0.6) is 0 Å². The van der Waals surface area contributed by atoms with Crippen LogP contribution in [-0.4, -0.2) is 19.4 Å². The van der Waals surface area contributed by atoms with Gasteiger partial charge in [-0.25, -0.2) is 0 Å². The molecule has 0 unspecified atom stereocenters. The quantitative estimate of drug-likeness (QED) is 0.507. The molecule has 0 N–H and O–H groups in total. The van der Waals surface area contributed by atoms with Gasteiger partial charge in [-0.3, -0.25) is 4.99 Å². The van der Waals surface area contributed by atoms with Crippen LogP contribution >= 0.6 is 0 Å². The van der Waals surface area contributed by atoms with Crippen LogP contribution in [0.25, 0.3) is 0 Å². The van der Waals surface area contributed by atoms with E-state index in [4.69, 9.17) is 10.00 Å². The molecular weight excluding hydrogens is 140 g/mol. The van der Waals surface area contributed by atoms with Gasteiger partial charge in [-0.15, -0.1) is 0 Å². The zero-order valence-electron chi connectivity index (χ0n) is 5.87. The molecule has 2 aliphatic heterocycles. The summed E-state index contributed by atoms with van der Waals surface area (Å²) in [5.74, 6) is 0.725. The molecule has 54 valence electrons. The minimum atomic E-state index is 0.461. The summed E-state index contributed by atoms with van der Waals surface area (Å²) in [6.07, 6.45) is 3.68. The lowest BCUT2D eigenvalue weighted by molar-refractivity contribution is 0.274. The van der Waals surface area contributed by atoms with Gasteiger partial charge in [-0.2, -0.15) is 5.26 Å². The van der Waals surface area contributed by atoms with E-state index in [-0.39, 0.29) is 0 Å². The van der Waals surface area contributed by atoms with Crippen LogP contribution in [0.2, 0.25) is 0 Å². The Kier molecular flexibility index (Phi) is 1.26. The van der Waals surface area contributed by atoms with Crippen LogP contribution in [-0.2, 0) is 4.74 Å². The normalized spacial score (nSPS) is 20.5. The zero-order valence-corrected chi connectivity index (χ0v) is 5.87. The van der Waals surface area contributed by atoms with Crippen molar-refractivity contribution in [3.8, 4) is 6.07 Å². The van der Waals surface area contributed by atoms with Gasteiger partial charge in [0.05, 0.1) is 12.1 Å². The van der Waals surface area contributed by atoms with Crippen LogP contribution in [0, 0.1) is 11.3 Å². The fourth-order valence-corrected chi connectivity index (χ4v) is 1.16. The lowest BCUT2D eigenvalue weighted by Crippen LogP contribution is -2.02. The largest absolute Gasteiger partial charge is 0.488 e. The maximum absolute atomic E-state index is 8.65. The first-order valence-corrected chi connectivity index (χ1v) is 3.38. The third-order valence-corrected chi connectivity index (χ3v) is 1.68. The second kappa shape index (κ2) is 2.24. The van der Waals surface area contributed by atoms with Crippen LogP contribution in [0.4, 0.5) is 0 Å². The Morgan fingerprint density at radius 3 is 3.36 bits per heavy atom. The maximum Gasteiger partial charge on any atom is 0.143 e. The summed E-state index contributed by atoms with van der Waals surface area (Å²) >= 11 is 0. The first-order valence-electron chi connectivity index (χ1n) is 3.38. The Balaban J connectivity index is 2.47. The van der Waals surface area contributed by atoms with Gasteiger partial charge >= 0.3 is 0 Å². The molecule has 2 rings (SSSR count). The van der Waals surface area contributed by atoms with Gasteiger partial charge < -0.3 is 4.74 Å². The lowest BCUT2D eigenvalue weighted by atomic mass is 10.1. The number of hydrogen-bond donors (Lipinski definition) is 0. The van der Waals surface area contributed by atoms with Crippen molar-refractivity contribution in [3.05, 3.63) is 23.0 Å². The van der Waals surface area contributed by atoms with E-state index in [9.17, 15) is 0 Å². The molecule has 0 spiro atoms. The number of nitriles is 1. The van der Waals surface area contributed by atoms with Crippen molar-refractivity contribution in [2.75, 3.05) is 13.2 Å². The molecule has 11 heavy (non-hydrogen) atoms. The average molecular weight is 146 g/mol. The second-order valence-electron chi connectivity index (χ2n) is 2.36. The first-order chi connectivity index (χ1) is 5.42. The van der Waals surface area contributed by atoms with Gasteiger partial charge in [0.25, 0.3) is 0 Å². The van der Waals surface area contributed by atoms with Crippen molar-refractivity contribution in [3.63, 3.8) is 0 Å². The number of nitrogens with zero attached hydrogens (tertiary/aromatic N) is 2. The van der Waals surface area contributed by atoms with Crippen molar-refractivity contribution in [1.29, 1.82) is 5.26 Å². The number of allylic oxidation sites excluding steroid dienone is 1. The predicted molar refractivity (Wildman–Crippen MR) is 40.0 cm³/mol. The lowest BCUT2D eigenvalue weighted by Gasteiger charge is -2.07. The molecule has 2 aliphatic rings. The second-order valence-corrected chi connectivity index (χ2v) is 2.36. The molecule has 3 nitrogen and oxygen atoms in total. The predicted octanol–water partition coefficient (Wildman–Crippen LogP) is 0.805. The Labute approximate surface area is 64.3 Å². The van der Waals surface area contributed by atoms with Gasteiger partial charge in [0.1, 0.15) is 18.4 Å². The van der Waals surface area contributed by atoms with E-state index in [1.807, 2.05) is 6.08 Å². The summed E-state index contributed by atoms with van der Waals surface area (Å²) in [5.41, 5.74) is 1.59. The molecule has 0 radical (unpaired) electrons. The van der Waals surface area contributed by atoms with Crippen LogP contribution < -0.4 is 0 Å². The summed E-state index contributed by atoms with van der Waals surface area (Å²) in [7, 11) is 0. The minimum Gasteiger partial charge on any atom is -0.488 e. The number of fused-ring (bicyclic) bond motifs is 1. The molecule has 0 aromatic rings. The van der Waals surface area contributed by atoms with Crippen molar-refractivity contribution < 1.29 is 4.74 Å². The molecular formula is C8H6N2O. The molecule has 0 atom stereocenters. The Bertz CT molecular complexity index is 317. The maximum atomic E-state index is 8.65. The molecule has 0 amide bonds. The van der Waals surface area contributed by atoms with E-state index in [1.165, 1.54) is 0 Å². The van der Waals surface area contributed by atoms with Crippen molar-refractivity contribution in [2.45, 2.75) is 0 Å². The van der Waals surface area contributed by atoms with Crippen LogP contribution in [0.15, 0.2) is 28.0 Å². The van der Waals surface area contributed by atoms with E-state index in [0.717, 1.165) is 11.3 Å². The molecule has 0 aromatic heterocycles. The summed E-state index contributed by atoms with van der Waals surface area (Å²) in [5, 5.41) is 8.65. The van der Waals surface area contributed by atoms with E-state index in [1.54, 1.807) is 6.21 Å². The standard InChI is InChI=1S/C8H6N2O/c9-3-7-5-10-4-6-1-2-11-8(6)7/h1,4H,2,5H2. The van der Waals surface area contributed by atoms with Crippen molar-refractivity contribution in [1.82, 2.24) is 0 Å². The molecule has 3 heteroatoms. The number of hydrogen-bond acceptors (Lipinski definition) is 3. The van der Waals surface area contributed by atoms with Crippen molar-refractivity contribution >= 4 is 6.21 Å². The SMILES string of the molecule is N#CC1=C2OCC=C2C=NC1. The van der Waals surface area contributed by atoms with Crippen LogP contribution in [0.3, 0.4) is 0 Å². The third-order valence-electron chi connectivity index (χ3n) is 1.68. The summed E-state index contributed by atoms with van der Waals surface area (Å²) in [6.45, 7) is 1.03. The molecule has 0 aromatic carbocycles. The van der Waals surface area contributed by atoms with Crippen molar-refractivity contribution in [2.24, 2.45) is 4.99 Å². The fraction of sp³-hybridized carbons (Fsp3) is 0.250. The average Bonchev–Trinajstić information content (AvgIpc) is 2.50. The van der Waals surface area contributed by atoms with E-state index in [2.05, 4.69) is 11.1 Å². The smallest absolute Gasteiger partial charge is 0.143 e. The Morgan fingerprint density at radius 2 is 2.55 bits per heavy atom. The molecule has 0 saturated carbocycles. The monoisotopic (exact) mass is 146 g/mol. The highest BCUT2D eigenvalue weighted by atomic mass is 16.5. The topological polar surface area (TPSA) is 45.4 Å². The zero-order chi connectivity index (χ0) is 7.68. The number of ether oxygens (including phenoxy) is 1. The van der Waals surface area contributed by atoms with E-state index >= 15 is 0 Å². The fourth-order valence-electron chi connectivity index (χ4n) is 1.16. The number of dihydropyridines is 1. The van der Waals surface area contributed by atoms with E-state index in [0.29, 0.717) is 18.7 Å². The number of aliphatic imine (C=N–C) groups is 1. The summed E-state index contributed by atoms with van der Waals surface area (Å²) < 4.78 is 5.23. The molecule has 0 aliphatic carbocycles. The summed E-state index contributed by atoms with van der Waals surface area (Å²) in [6, 6.07) is 2.08. The molecule has 0 bridgehead atoms. The van der Waals surface area contributed by atoms with Gasteiger partial charge in [0.15, 0.2) is 0 Å². The van der Waals surface area contributed by atoms with Crippen LogP contribution in [0.1, 0.15) is 0 Å². The highest BCUT2D eigenvalue weighted by Gasteiger charge is 2.19. The van der Waals surface area contributed by atoms with Gasteiger partial charge in [0, 0.05) is 11.8 Å². The molecule has 0 saturated heterocycles. The third kappa shape index (κ3) is 0.838. The Hall–Kier alpha value is -1.56. The molecule has 0 fully saturated rings. The first kappa shape index (κ1) is 6.17. The minimum absolute atomic E-state index is 0.461. The highest BCUT2D eigenvalue weighted by molar-refractivity contribution is 5.87. The molecule has 2 heterocycles.